The number of benzene rings is 1. The first-order valence-electron chi connectivity index (χ1n) is 7.98. The minimum atomic E-state index is 0.0487. The van der Waals surface area contributed by atoms with Crippen LogP contribution in [0, 0.1) is 5.92 Å². The molecule has 0 saturated heterocycles. The molecule has 1 amide bonds. The summed E-state index contributed by atoms with van der Waals surface area (Å²) in [6, 6.07) is 9.93. The van der Waals surface area contributed by atoms with Gasteiger partial charge in [-0.15, -0.1) is 0 Å². The van der Waals surface area contributed by atoms with E-state index in [2.05, 4.69) is 24.0 Å². The molecule has 1 saturated carbocycles. The van der Waals surface area contributed by atoms with Crippen LogP contribution in [-0.2, 0) is 4.79 Å². The average molecular weight is 313 g/mol. The summed E-state index contributed by atoms with van der Waals surface area (Å²) in [5, 5.41) is 7.25. The Hall–Kier alpha value is -2.30. The van der Waals surface area contributed by atoms with E-state index in [4.69, 9.17) is 4.74 Å². The van der Waals surface area contributed by atoms with Gasteiger partial charge in [-0.25, -0.2) is 0 Å². The van der Waals surface area contributed by atoms with Crippen LogP contribution >= 0.6 is 0 Å². The number of carbonyl (C=O) groups is 1. The van der Waals surface area contributed by atoms with Gasteiger partial charge in [-0.1, -0.05) is 26.0 Å². The second-order valence-electron chi connectivity index (χ2n) is 6.46. The molecule has 23 heavy (non-hydrogen) atoms. The van der Waals surface area contributed by atoms with Crippen molar-refractivity contribution in [2.75, 3.05) is 19.1 Å². The number of carbonyl (C=O) groups excluding carboxylic acids is 1. The number of rotatable bonds is 5. The van der Waals surface area contributed by atoms with Crippen molar-refractivity contribution in [2.24, 2.45) is 5.92 Å². The Balaban J connectivity index is 1.66. The lowest BCUT2D eigenvalue weighted by Gasteiger charge is -2.14. The fourth-order valence-corrected chi connectivity index (χ4v) is 2.84. The largest absolute Gasteiger partial charge is 0.497 e. The molecule has 5 nitrogen and oxygen atoms in total. The molecule has 1 aliphatic carbocycles. The van der Waals surface area contributed by atoms with Crippen LogP contribution in [0.3, 0.4) is 0 Å². The van der Waals surface area contributed by atoms with Gasteiger partial charge in [0, 0.05) is 24.7 Å². The molecule has 0 radical (unpaired) electrons. The number of ether oxygens (including phenoxy) is 1. The zero-order valence-electron chi connectivity index (χ0n) is 14.0. The monoisotopic (exact) mass is 313 g/mol. The van der Waals surface area contributed by atoms with E-state index >= 15 is 0 Å². The number of amides is 1. The quantitative estimate of drug-likeness (QED) is 0.921. The molecule has 1 N–H and O–H groups in total. The number of nitrogens with zero attached hydrogens (tertiary/aromatic N) is 2. The van der Waals surface area contributed by atoms with E-state index in [0.717, 1.165) is 17.9 Å². The summed E-state index contributed by atoms with van der Waals surface area (Å²) in [6.07, 6.45) is 0.900. The summed E-state index contributed by atoms with van der Waals surface area (Å²) in [7, 11) is 3.45. The lowest BCUT2D eigenvalue weighted by Crippen LogP contribution is -2.28. The predicted octanol–water partition coefficient (Wildman–Crippen LogP) is 3.31. The van der Waals surface area contributed by atoms with Crippen molar-refractivity contribution >= 4 is 11.7 Å². The van der Waals surface area contributed by atoms with Crippen molar-refractivity contribution in [3.05, 3.63) is 41.6 Å². The van der Waals surface area contributed by atoms with Gasteiger partial charge in [0.1, 0.15) is 5.75 Å². The van der Waals surface area contributed by atoms with Crippen LogP contribution in [0.1, 0.15) is 43.4 Å². The molecule has 3 rings (SSSR count). The smallest absolute Gasteiger partial charge is 0.231 e. The third-order valence-electron chi connectivity index (χ3n) is 4.53. The summed E-state index contributed by atoms with van der Waals surface area (Å²) in [5.41, 5.74) is 2.24. The molecule has 0 aliphatic heterocycles. The first-order chi connectivity index (χ1) is 11.0. The molecule has 1 aromatic carbocycles. The first kappa shape index (κ1) is 15.6. The van der Waals surface area contributed by atoms with Gasteiger partial charge in [0.15, 0.2) is 5.82 Å². The summed E-state index contributed by atoms with van der Waals surface area (Å²) in [5.74, 6) is 2.39. The molecule has 122 valence electrons. The van der Waals surface area contributed by atoms with Crippen LogP contribution < -0.4 is 9.64 Å². The van der Waals surface area contributed by atoms with Crippen LogP contribution in [0.15, 0.2) is 30.3 Å². The Bertz CT molecular complexity index is 691. The Kier molecular flexibility index (Phi) is 4.11. The van der Waals surface area contributed by atoms with E-state index in [9.17, 15) is 4.79 Å². The number of methoxy groups -OCH3 is 1. The normalized spacial score (nSPS) is 19.7. The molecule has 1 heterocycles. The Morgan fingerprint density at radius 3 is 2.61 bits per heavy atom. The second kappa shape index (κ2) is 6.07. The third kappa shape index (κ3) is 3.09. The lowest BCUT2D eigenvalue weighted by molar-refractivity contribution is -0.119. The number of H-pyrrole nitrogens is 1. The van der Waals surface area contributed by atoms with Gasteiger partial charge in [-0.05, 0) is 36.0 Å². The maximum atomic E-state index is 12.6. The highest BCUT2D eigenvalue weighted by Crippen LogP contribution is 2.48. The molecule has 1 aliphatic rings. The Morgan fingerprint density at radius 2 is 2.04 bits per heavy atom. The molecular weight excluding hydrogens is 290 g/mol. The maximum Gasteiger partial charge on any atom is 0.231 e. The molecule has 0 spiro atoms. The number of anilines is 1. The zero-order chi connectivity index (χ0) is 16.6. The Morgan fingerprint density at radius 1 is 1.35 bits per heavy atom. The standard InChI is InChI=1S/C18H23N3O2/c1-11(2)16-10-17(20-19-16)21(3)18(22)15-9-14(15)12-5-7-13(23-4)8-6-12/h5-8,10-11,14-15H,9H2,1-4H3,(H,19,20)/t14-,15-/m0/s1. The van der Waals surface area contributed by atoms with E-state index < -0.39 is 0 Å². The number of hydrogen-bond acceptors (Lipinski definition) is 3. The molecule has 5 heteroatoms. The van der Waals surface area contributed by atoms with Crippen LogP contribution in [0.25, 0.3) is 0 Å². The van der Waals surface area contributed by atoms with E-state index in [1.807, 2.05) is 30.3 Å². The van der Waals surface area contributed by atoms with E-state index in [-0.39, 0.29) is 11.8 Å². The van der Waals surface area contributed by atoms with Gasteiger partial charge in [0.05, 0.1) is 7.11 Å². The second-order valence-corrected chi connectivity index (χ2v) is 6.46. The van der Waals surface area contributed by atoms with Crippen LogP contribution in [0.4, 0.5) is 5.82 Å². The Labute approximate surface area is 136 Å². The van der Waals surface area contributed by atoms with Crippen molar-refractivity contribution < 1.29 is 9.53 Å². The minimum Gasteiger partial charge on any atom is -0.497 e. The van der Waals surface area contributed by atoms with Crippen molar-refractivity contribution in [3.63, 3.8) is 0 Å². The average Bonchev–Trinajstić information content (AvgIpc) is 3.20. The maximum absolute atomic E-state index is 12.6. The fraction of sp³-hybridized carbons (Fsp3) is 0.444. The summed E-state index contributed by atoms with van der Waals surface area (Å²) < 4.78 is 5.17. The number of aromatic nitrogens is 2. The van der Waals surface area contributed by atoms with Gasteiger partial charge in [-0.3, -0.25) is 14.8 Å². The molecule has 1 fully saturated rings. The molecule has 2 aromatic rings. The van der Waals surface area contributed by atoms with E-state index in [1.165, 1.54) is 5.56 Å². The predicted molar refractivity (Wildman–Crippen MR) is 89.9 cm³/mol. The molecule has 1 aromatic heterocycles. The van der Waals surface area contributed by atoms with Crippen molar-refractivity contribution in [2.45, 2.75) is 32.1 Å². The van der Waals surface area contributed by atoms with Crippen molar-refractivity contribution in [1.29, 1.82) is 0 Å². The van der Waals surface area contributed by atoms with Gasteiger partial charge >= 0.3 is 0 Å². The first-order valence-corrected chi connectivity index (χ1v) is 7.98. The van der Waals surface area contributed by atoms with Crippen molar-refractivity contribution in [1.82, 2.24) is 10.2 Å². The zero-order valence-corrected chi connectivity index (χ0v) is 14.0. The minimum absolute atomic E-state index is 0.0487. The number of nitrogens with one attached hydrogen (secondary N) is 1. The SMILES string of the molecule is COc1ccc([C@@H]2C[C@@H]2C(=O)N(C)c2cc(C(C)C)[nH]n2)cc1. The summed E-state index contributed by atoms with van der Waals surface area (Å²) in [4.78, 5) is 14.3. The van der Waals surface area contributed by atoms with Crippen LogP contribution in [0.5, 0.6) is 5.75 Å². The molecular formula is C18H23N3O2. The highest BCUT2D eigenvalue weighted by Gasteiger charge is 2.45. The van der Waals surface area contributed by atoms with Crippen molar-refractivity contribution in [3.8, 4) is 5.75 Å². The van der Waals surface area contributed by atoms with Crippen LogP contribution in [0.2, 0.25) is 0 Å². The van der Waals surface area contributed by atoms with Gasteiger partial charge in [0.25, 0.3) is 0 Å². The highest BCUT2D eigenvalue weighted by atomic mass is 16.5. The van der Waals surface area contributed by atoms with Gasteiger partial charge in [-0.2, -0.15) is 5.10 Å². The third-order valence-corrected chi connectivity index (χ3v) is 4.53. The molecule has 0 unspecified atom stereocenters. The van der Waals surface area contributed by atoms with Gasteiger partial charge in [0.2, 0.25) is 5.91 Å². The lowest BCUT2D eigenvalue weighted by atomic mass is 10.1. The number of hydrogen-bond donors (Lipinski definition) is 1. The van der Waals surface area contributed by atoms with E-state index in [0.29, 0.717) is 17.7 Å². The topological polar surface area (TPSA) is 58.2 Å². The van der Waals surface area contributed by atoms with E-state index in [1.54, 1.807) is 19.1 Å². The van der Waals surface area contributed by atoms with Crippen LogP contribution in [-0.4, -0.2) is 30.3 Å². The summed E-state index contributed by atoms with van der Waals surface area (Å²) in [6.45, 7) is 4.19. The molecule has 2 atom stereocenters. The van der Waals surface area contributed by atoms with Gasteiger partial charge < -0.3 is 4.74 Å². The fourth-order valence-electron chi connectivity index (χ4n) is 2.84. The summed E-state index contributed by atoms with van der Waals surface area (Å²) >= 11 is 0. The molecule has 0 bridgehead atoms. The number of aromatic amines is 1. The highest BCUT2D eigenvalue weighted by molar-refractivity contribution is 5.96.